The summed E-state index contributed by atoms with van der Waals surface area (Å²) < 4.78 is 0. The minimum absolute atomic E-state index is 0. The molecular formula is C15H21N3O6. The van der Waals surface area contributed by atoms with Crippen molar-refractivity contribution in [2.75, 3.05) is 11.9 Å². The Morgan fingerprint density at radius 1 is 1.17 bits per heavy atom. The van der Waals surface area contributed by atoms with E-state index in [0.29, 0.717) is 0 Å². The number of carbonyl (C=O) groups is 1. The Balaban J connectivity index is 0.00000132. The molecule has 1 unspecified atom stereocenters. The van der Waals surface area contributed by atoms with Crippen LogP contribution in [0.1, 0.15) is 27.2 Å². The maximum atomic E-state index is 11.0. The van der Waals surface area contributed by atoms with Gasteiger partial charge in [0.15, 0.2) is 0 Å². The molecule has 0 amide bonds. The molecule has 2 aromatic rings. The van der Waals surface area contributed by atoms with Crippen molar-refractivity contribution in [2.24, 2.45) is 0 Å². The number of hydrogen-bond donors (Lipinski definition) is 2. The van der Waals surface area contributed by atoms with Crippen LogP contribution in [0, 0.1) is 0 Å². The van der Waals surface area contributed by atoms with Gasteiger partial charge in [0.1, 0.15) is 5.82 Å². The predicted molar refractivity (Wildman–Crippen MR) is 87.5 cm³/mol. The molecule has 0 fully saturated rings. The van der Waals surface area contributed by atoms with Crippen molar-refractivity contribution in [3.63, 3.8) is 0 Å². The molecule has 2 aromatic heterocycles. The quantitative estimate of drug-likeness (QED) is 0.624. The summed E-state index contributed by atoms with van der Waals surface area (Å²) in [6.07, 6.45) is 4.90. The average Bonchev–Trinajstić information content (AvgIpc) is 3.00. The number of carboxylic acid groups (broad SMARTS) is 1. The van der Waals surface area contributed by atoms with Crippen molar-refractivity contribution < 1.29 is 31.8 Å². The summed E-state index contributed by atoms with van der Waals surface area (Å²) >= 11 is 0. The van der Waals surface area contributed by atoms with E-state index >= 15 is 0 Å². The van der Waals surface area contributed by atoms with Gasteiger partial charge in [-0.25, -0.2) is 9.78 Å². The van der Waals surface area contributed by atoms with E-state index in [1.54, 1.807) is 12.3 Å². The van der Waals surface area contributed by atoms with Gasteiger partial charge in [-0.2, -0.15) is 0 Å². The number of aromatic nitrogens is 2. The van der Waals surface area contributed by atoms with E-state index in [2.05, 4.69) is 21.4 Å². The number of anilines is 1. The highest BCUT2D eigenvalue weighted by molar-refractivity contribution is 5.87. The number of nitrogens with zero attached hydrogens (tertiary/aromatic N) is 2. The monoisotopic (exact) mass is 339 g/mol. The molecule has 24 heavy (non-hydrogen) atoms. The summed E-state index contributed by atoms with van der Waals surface area (Å²) in [5.41, 5.74) is 3.51. The SMILES string of the molecule is O.O.O.O.O=C(O)c1cnc2c(c1)CC1(CNc3ncccc31)C2. The van der Waals surface area contributed by atoms with E-state index in [4.69, 9.17) is 5.11 Å². The zero-order chi connectivity index (χ0) is 13.7. The first-order valence-electron chi connectivity index (χ1n) is 6.58. The fraction of sp³-hybridized carbons (Fsp3) is 0.267. The molecule has 1 atom stereocenters. The lowest BCUT2D eigenvalue weighted by molar-refractivity contribution is 0.0696. The van der Waals surface area contributed by atoms with Gasteiger partial charge >= 0.3 is 5.97 Å². The molecule has 3 heterocycles. The van der Waals surface area contributed by atoms with Gasteiger partial charge in [-0.1, -0.05) is 6.07 Å². The van der Waals surface area contributed by atoms with E-state index in [9.17, 15) is 4.79 Å². The third kappa shape index (κ3) is 2.93. The first kappa shape index (κ1) is 21.4. The lowest BCUT2D eigenvalue weighted by Gasteiger charge is -2.21. The summed E-state index contributed by atoms with van der Waals surface area (Å²) in [5.74, 6) is 0.0200. The molecule has 10 N–H and O–H groups in total. The standard InChI is InChI=1S/C15H13N3O2.4H2O/c19-14(20)10-4-9-5-15(6-12(9)17-7-10)8-18-13-11(15)2-1-3-16-13;;;;/h1-4,7H,5-6,8H2,(H,16,18)(H,19,20);4*1H2. The summed E-state index contributed by atoms with van der Waals surface area (Å²) in [6, 6.07) is 5.81. The second-order valence-electron chi connectivity index (χ2n) is 5.52. The van der Waals surface area contributed by atoms with Crippen molar-refractivity contribution in [1.82, 2.24) is 9.97 Å². The van der Waals surface area contributed by atoms with Crippen molar-refractivity contribution >= 4 is 11.8 Å². The summed E-state index contributed by atoms with van der Waals surface area (Å²) in [6.45, 7) is 0.831. The smallest absolute Gasteiger partial charge is 0.337 e. The lowest BCUT2D eigenvalue weighted by Crippen LogP contribution is -2.29. The molecule has 0 aromatic carbocycles. The molecular weight excluding hydrogens is 318 g/mol. The Morgan fingerprint density at radius 3 is 2.62 bits per heavy atom. The molecule has 1 aliphatic carbocycles. The van der Waals surface area contributed by atoms with Crippen LogP contribution in [-0.2, 0) is 18.3 Å². The predicted octanol–water partition coefficient (Wildman–Crippen LogP) is -1.66. The lowest BCUT2D eigenvalue weighted by atomic mass is 9.80. The van der Waals surface area contributed by atoms with E-state index in [1.807, 2.05) is 6.07 Å². The molecule has 132 valence electrons. The van der Waals surface area contributed by atoms with Crippen molar-refractivity contribution in [2.45, 2.75) is 18.3 Å². The van der Waals surface area contributed by atoms with Gasteiger partial charge in [0.2, 0.25) is 0 Å². The molecule has 0 bridgehead atoms. The van der Waals surface area contributed by atoms with Crippen molar-refractivity contribution in [1.29, 1.82) is 0 Å². The molecule has 0 saturated heterocycles. The number of fused-ring (bicyclic) bond motifs is 3. The van der Waals surface area contributed by atoms with E-state index in [1.165, 1.54) is 11.8 Å². The van der Waals surface area contributed by atoms with Crippen LogP contribution in [0.4, 0.5) is 5.82 Å². The molecule has 1 spiro atoms. The normalized spacial score (nSPS) is 18.7. The fourth-order valence-electron chi connectivity index (χ4n) is 3.35. The largest absolute Gasteiger partial charge is 0.478 e. The summed E-state index contributed by atoms with van der Waals surface area (Å²) in [5, 5.41) is 12.4. The highest BCUT2D eigenvalue weighted by Crippen LogP contribution is 2.45. The molecule has 9 nitrogen and oxygen atoms in total. The van der Waals surface area contributed by atoms with Gasteiger partial charge in [0.05, 0.1) is 5.56 Å². The highest BCUT2D eigenvalue weighted by atomic mass is 16.4. The number of aromatic carboxylic acids is 1. The minimum Gasteiger partial charge on any atom is -0.478 e. The second-order valence-corrected chi connectivity index (χ2v) is 5.52. The second kappa shape index (κ2) is 7.32. The molecule has 2 aliphatic rings. The number of carboxylic acids is 1. The first-order valence-corrected chi connectivity index (χ1v) is 6.58. The maximum absolute atomic E-state index is 11.0. The van der Waals surface area contributed by atoms with Crippen molar-refractivity contribution in [3.05, 3.63) is 53.0 Å². The number of nitrogens with one attached hydrogen (secondary N) is 1. The number of rotatable bonds is 1. The third-order valence-corrected chi connectivity index (χ3v) is 4.31. The molecule has 0 radical (unpaired) electrons. The Kier molecular flexibility index (Phi) is 6.53. The Bertz CT molecular complexity index is 739. The van der Waals surface area contributed by atoms with Crippen LogP contribution >= 0.6 is 0 Å². The minimum atomic E-state index is -0.923. The first-order chi connectivity index (χ1) is 9.68. The van der Waals surface area contributed by atoms with Gasteiger partial charge in [0, 0.05) is 42.0 Å². The van der Waals surface area contributed by atoms with Crippen LogP contribution in [0.3, 0.4) is 0 Å². The maximum Gasteiger partial charge on any atom is 0.337 e. The zero-order valence-electron chi connectivity index (χ0n) is 12.8. The van der Waals surface area contributed by atoms with E-state index in [0.717, 1.165) is 36.5 Å². The summed E-state index contributed by atoms with van der Waals surface area (Å²) in [7, 11) is 0. The van der Waals surface area contributed by atoms with E-state index < -0.39 is 5.97 Å². The van der Waals surface area contributed by atoms with Gasteiger partial charge in [-0.05, 0) is 24.1 Å². The molecule has 4 rings (SSSR count). The van der Waals surface area contributed by atoms with Gasteiger partial charge in [-0.15, -0.1) is 0 Å². The number of pyridine rings is 2. The molecule has 1 aliphatic heterocycles. The third-order valence-electron chi connectivity index (χ3n) is 4.31. The van der Waals surface area contributed by atoms with Gasteiger partial charge in [-0.3, -0.25) is 4.98 Å². The topological polar surface area (TPSA) is 201 Å². The van der Waals surface area contributed by atoms with Crippen LogP contribution in [-0.4, -0.2) is 49.5 Å². The Labute approximate surface area is 137 Å². The van der Waals surface area contributed by atoms with Crippen LogP contribution < -0.4 is 5.32 Å². The fourth-order valence-corrected chi connectivity index (χ4v) is 3.35. The van der Waals surface area contributed by atoms with Crippen LogP contribution in [0.5, 0.6) is 0 Å². The van der Waals surface area contributed by atoms with Crippen LogP contribution in [0.25, 0.3) is 0 Å². The van der Waals surface area contributed by atoms with Gasteiger partial charge < -0.3 is 32.3 Å². The van der Waals surface area contributed by atoms with E-state index in [-0.39, 0.29) is 32.9 Å². The average molecular weight is 339 g/mol. The van der Waals surface area contributed by atoms with Crippen LogP contribution in [0.2, 0.25) is 0 Å². The molecule has 0 saturated carbocycles. The van der Waals surface area contributed by atoms with Crippen LogP contribution in [0.15, 0.2) is 30.6 Å². The van der Waals surface area contributed by atoms with Gasteiger partial charge in [0.25, 0.3) is 0 Å². The highest BCUT2D eigenvalue weighted by Gasteiger charge is 2.44. The Morgan fingerprint density at radius 2 is 1.92 bits per heavy atom. The van der Waals surface area contributed by atoms with Crippen molar-refractivity contribution in [3.8, 4) is 0 Å². The summed E-state index contributed by atoms with van der Waals surface area (Å²) in [4.78, 5) is 19.8. The zero-order valence-corrected chi connectivity index (χ0v) is 12.8. The Hall–Kier alpha value is -2.59. The molecule has 9 heteroatoms. The number of hydrogen-bond acceptors (Lipinski definition) is 4.